The third-order valence-corrected chi connectivity index (χ3v) is 6.23. The first-order chi connectivity index (χ1) is 18.6. The normalized spacial score (nSPS) is 13.4. The Morgan fingerprint density at radius 2 is 2.03 bits per heavy atom. The highest BCUT2D eigenvalue weighted by atomic mass is 16.5. The number of benzene rings is 1. The fourth-order valence-corrected chi connectivity index (χ4v) is 4.13. The van der Waals surface area contributed by atoms with Crippen LogP contribution >= 0.6 is 0 Å². The highest BCUT2D eigenvalue weighted by Gasteiger charge is 2.19. The van der Waals surface area contributed by atoms with Crippen LogP contribution in [0.2, 0.25) is 0 Å². The van der Waals surface area contributed by atoms with E-state index in [4.69, 9.17) is 9.47 Å². The zero-order valence-electron chi connectivity index (χ0n) is 22.1. The Morgan fingerprint density at radius 3 is 2.79 bits per heavy atom. The number of morpholine rings is 1. The zero-order chi connectivity index (χ0) is 26.7. The number of nitrogens with zero attached hydrogens (tertiary/aromatic N) is 6. The average molecular weight is 521 g/mol. The first kappa shape index (κ1) is 27.1. The quantitative estimate of drug-likeness (QED) is 0.324. The van der Waals surface area contributed by atoms with Crippen molar-refractivity contribution in [3.05, 3.63) is 55.5 Å². The predicted octanol–water partition coefficient (Wildman–Crippen LogP) is 3.90. The van der Waals surface area contributed by atoms with Gasteiger partial charge in [0, 0.05) is 37.6 Å². The van der Waals surface area contributed by atoms with Gasteiger partial charge in [-0.2, -0.15) is 10.1 Å². The van der Waals surface area contributed by atoms with E-state index < -0.39 is 0 Å². The summed E-state index contributed by atoms with van der Waals surface area (Å²) in [5, 5.41) is 10.5. The number of hydrogen-bond acceptors (Lipinski definition) is 9. The molecule has 11 nitrogen and oxygen atoms in total. The van der Waals surface area contributed by atoms with Crippen LogP contribution in [-0.4, -0.2) is 76.5 Å². The number of carbonyl (C=O) groups excluding carboxylic acids is 1. The Morgan fingerprint density at radius 1 is 1.21 bits per heavy atom. The van der Waals surface area contributed by atoms with Gasteiger partial charge in [-0.25, -0.2) is 4.98 Å². The van der Waals surface area contributed by atoms with Crippen molar-refractivity contribution >= 4 is 28.9 Å². The summed E-state index contributed by atoms with van der Waals surface area (Å²) in [5.41, 5.74) is 2.17. The second-order valence-corrected chi connectivity index (χ2v) is 8.80. The Hall–Kier alpha value is -3.96. The van der Waals surface area contributed by atoms with Gasteiger partial charge in [0.05, 0.1) is 31.3 Å². The van der Waals surface area contributed by atoms with E-state index in [1.165, 1.54) is 6.08 Å². The van der Waals surface area contributed by atoms with E-state index in [0.29, 0.717) is 49.6 Å². The van der Waals surface area contributed by atoms with Crippen LogP contribution in [-0.2, 0) is 16.1 Å². The molecule has 38 heavy (non-hydrogen) atoms. The number of hydrogen-bond donors (Lipinski definition) is 2. The van der Waals surface area contributed by atoms with Crippen molar-refractivity contribution < 1.29 is 14.3 Å². The summed E-state index contributed by atoms with van der Waals surface area (Å²) >= 11 is 0. The van der Waals surface area contributed by atoms with Crippen molar-refractivity contribution in [3.8, 4) is 11.6 Å². The lowest BCUT2D eigenvalue weighted by atomic mass is 10.3. The standard InChI is InChI=1S/C27H36N8O3/c1-4-25(36)30-21-9-7-10-23(17-21)38-26-24(34-13-15-37-16-14-34)19-28-27(32-26)31-22-18-29-35(20-22)12-8-11-33(5-2)6-3/h4,7,9-10,17-20H,1,5-6,8,11-16H2,2-3H3,(H,30,36)(H,28,31,32). The van der Waals surface area contributed by atoms with Gasteiger partial charge in [-0.3, -0.25) is 9.48 Å². The molecule has 0 spiro atoms. The molecule has 1 aliphatic heterocycles. The number of nitrogens with one attached hydrogen (secondary N) is 2. The molecule has 3 heterocycles. The maximum absolute atomic E-state index is 11.7. The second-order valence-electron chi connectivity index (χ2n) is 8.80. The van der Waals surface area contributed by atoms with Crippen molar-refractivity contribution in [3.63, 3.8) is 0 Å². The first-order valence-corrected chi connectivity index (χ1v) is 13.0. The topological polar surface area (TPSA) is 110 Å². The summed E-state index contributed by atoms with van der Waals surface area (Å²) in [7, 11) is 0. The molecule has 202 valence electrons. The molecule has 0 unspecified atom stereocenters. The Labute approximate surface area is 223 Å². The van der Waals surface area contributed by atoms with Crippen LogP contribution in [0.1, 0.15) is 20.3 Å². The first-order valence-electron chi connectivity index (χ1n) is 13.0. The summed E-state index contributed by atoms with van der Waals surface area (Å²) in [6.45, 7) is 14.5. The number of aryl methyl sites for hydroxylation is 1. The molecule has 1 aliphatic rings. The molecule has 1 aromatic carbocycles. The van der Waals surface area contributed by atoms with E-state index in [1.54, 1.807) is 30.6 Å². The molecule has 0 radical (unpaired) electrons. The Balaban J connectivity index is 1.49. The van der Waals surface area contributed by atoms with Crippen molar-refractivity contribution in [2.24, 2.45) is 0 Å². The molecule has 2 aromatic heterocycles. The largest absolute Gasteiger partial charge is 0.437 e. The molecule has 0 saturated carbocycles. The van der Waals surface area contributed by atoms with E-state index >= 15 is 0 Å². The Bertz CT molecular complexity index is 1200. The smallest absolute Gasteiger partial charge is 0.248 e. The van der Waals surface area contributed by atoms with Gasteiger partial charge in [-0.15, -0.1) is 0 Å². The third-order valence-electron chi connectivity index (χ3n) is 6.23. The van der Waals surface area contributed by atoms with Gasteiger partial charge in [0.25, 0.3) is 0 Å². The molecule has 11 heteroatoms. The summed E-state index contributed by atoms with van der Waals surface area (Å²) in [6, 6.07) is 7.13. The van der Waals surface area contributed by atoms with Crippen LogP contribution in [0.25, 0.3) is 0 Å². The maximum atomic E-state index is 11.7. The summed E-state index contributed by atoms with van der Waals surface area (Å²) in [6.07, 6.45) is 7.72. The predicted molar refractivity (Wildman–Crippen MR) is 148 cm³/mol. The summed E-state index contributed by atoms with van der Waals surface area (Å²) in [5.74, 6) is 1.05. The van der Waals surface area contributed by atoms with Gasteiger partial charge in [-0.05, 0) is 44.3 Å². The van der Waals surface area contributed by atoms with Crippen LogP contribution < -0.4 is 20.3 Å². The third kappa shape index (κ3) is 7.53. The van der Waals surface area contributed by atoms with Crippen LogP contribution in [0.3, 0.4) is 0 Å². The molecule has 0 bridgehead atoms. The molecule has 1 amide bonds. The highest BCUT2D eigenvalue weighted by molar-refractivity contribution is 5.98. The number of anilines is 4. The van der Waals surface area contributed by atoms with Crippen LogP contribution in [0.15, 0.2) is 55.5 Å². The van der Waals surface area contributed by atoms with Gasteiger partial charge >= 0.3 is 0 Å². The maximum Gasteiger partial charge on any atom is 0.248 e. The monoisotopic (exact) mass is 520 g/mol. The summed E-state index contributed by atoms with van der Waals surface area (Å²) in [4.78, 5) is 25.5. The lowest BCUT2D eigenvalue weighted by Gasteiger charge is -2.29. The van der Waals surface area contributed by atoms with Gasteiger partial charge in [0.1, 0.15) is 11.4 Å². The molecule has 2 N–H and O–H groups in total. The average Bonchev–Trinajstić information content (AvgIpc) is 3.39. The van der Waals surface area contributed by atoms with Gasteiger partial charge in [0.15, 0.2) is 0 Å². The fourth-order valence-electron chi connectivity index (χ4n) is 4.13. The molecule has 4 rings (SSSR count). The number of rotatable bonds is 13. The zero-order valence-corrected chi connectivity index (χ0v) is 22.1. The van der Waals surface area contributed by atoms with Crippen molar-refractivity contribution in [1.82, 2.24) is 24.6 Å². The van der Waals surface area contributed by atoms with Crippen molar-refractivity contribution in [2.75, 3.05) is 61.5 Å². The number of aromatic nitrogens is 4. The molecule has 0 atom stereocenters. The molecular weight excluding hydrogens is 484 g/mol. The molecule has 0 aliphatic carbocycles. The van der Waals surface area contributed by atoms with Gasteiger partial charge in [-0.1, -0.05) is 26.5 Å². The SMILES string of the molecule is C=CC(=O)Nc1cccc(Oc2nc(Nc3cnn(CCCN(CC)CC)c3)ncc2N2CCOCC2)c1. The minimum Gasteiger partial charge on any atom is -0.437 e. The van der Waals surface area contributed by atoms with Crippen LogP contribution in [0, 0.1) is 0 Å². The van der Waals surface area contributed by atoms with Crippen LogP contribution in [0.4, 0.5) is 23.0 Å². The van der Waals surface area contributed by atoms with Crippen LogP contribution in [0.5, 0.6) is 11.6 Å². The summed E-state index contributed by atoms with van der Waals surface area (Å²) < 4.78 is 13.7. The highest BCUT2D eigenvalue weighted by Crippen LogP contribution is 2.33. The van der Waals surface area contributed by atoms with Gasteiger partial charge < -0.3 is 29.9 Å². The molecular formula is C27H36N8O3. The van der Waals surface area contributed by atoms with Crippen molar-refractivity contribution in [2.45, 2.75) is 26.8 Å². The van der Waals surface area contributed by atoms with Gasteiger partial charge in [0.2, 0.25) is 17.7 Å². The number of carbonyl (C=O) groups is 1. The lowest BCUT2D eigenvalue weighted by Crippen LogP contribution is -2.36. The lowest BCUT2D eigenvalue weighted by molar-refractivity contribution is -0.111. The van der Waals surface area contributed by atoms with E-state index in [9.17, 15) is 4.79 Å². The van der Waals surface area contributed by atoms with Crippen molar-refractivity contribution in [1.29, 1.82) is 0 Å². The van der Waals surface area contributed by atoms with E-state index in [2.05, 4.69) is 55.9 Å². The fraction of sp³-hybridized carbons (Fsp3) is 0.407. The Kier molecular flexibility index (Phi) is 9.65. The molecule has 1 saturated heterocycles. The second kappa shape index (κ2) is 13.5. The van der Waals surface area contributed by atoms with E-state index in [0.717, 1.165) is 44.0 Å². The van der Waals surface area contributed by atoms with E-state index in [1.807, 2.05) is 16.9 Å². The molecule has 3 aromatic rings. The minimum atomic E-state index is -0.293. The molecule has 1 fully saturated rings. The minimum absolute atomic E-state index is 0.293. The van der Waals surface area contributed by atoms with E-state index in [-0.39, 0.29) is 5.91 Å². The number of ether oxygens (including phenoxy) is 2. The number of amides is 1.